The molecule has 1 aromatic rings. The fourth-order valence-corrected chi connectivity index (χ4v) is 4.72. The number of allylic oxidation sites excluding steroid dienone is 2. The van der Waals surface area contributed by atoms with Gasteiger partial charge in [0.2, 0.25) is 11.7 Å². The van der Waals surface area contributed by atoms with Gasteiger partial charge in [-0.25, -0.2) is 14.2 Å². The number of aliphatic hydroxyl groups is 1. The van der Waals surface area contributed by atoms with Gasteiger partial charge in [0.05, 0.1) is 6.10 Å². The van der Waals surface area contributed by atoms with E-state index in [1.165, 1.54) is 17.1 Å². The Morgan fingerprint density at radius 1 is 1.24 bits per heavy atom. The lowest BCUT2D eigenvalue weighted by molar-refractivity contribution is -0.158. The van der Waals surface area contributed by atoms with Crippen molar-refractivity contribution in [3.05, 3.63) is 47.6 Å². The van der Waals surface area contributed by atoms with Gasteiger partial charge < -0.3 is 20.1 Å². The second-order valence-corrected chi connectivity index (χ2v) is 10.3. The molecular formula is C27H38FN5O5. The normalized spacial score (nSPS) is 29.4. The SMILES string of the molecule is CC1=CC(O)CC(F)Cc2nc(n[nH]2)C(=O)N2CCCC2C(=O)OC(C(C)C)C(C)/C=C/C(=O)NCC=C1. The third-order valence-corrected chi connectivity index (χ3v) is 6.63. The number of nitrogens with zero attached hydrogens (tertiary/aromatic N) is 3. The van der Waals surface area contributed by atoms with Gasteiger partial charge in [-0.05, 0) is 31.8 Å². The van der Waals surface area contributed by atoms with E-state index in [4.69, 9.17) is 4.74 Å². The Morgan fingerprint density at radius 3 is 2.74 bits per heavy atom. The first-order valence-corrected chi connectivity index (χ1v) is 13.1. The van der Waals surface area contributed by atoms with Gasteiger partial charge in [0, 0.05) is 31.8 Å². The molecule has 2 amide bonds. The number of ether oxygens (including phenoxy) is 1. The molecule has 0 aromatic carbocycles. The zero-order valence-corrected chi connectivity index (χ0v) is 22.4. The highest BCUT2D eigenvalue weighted by Gasteiger charge is 2.39. The maximum atomic E-state index is 14.6. The number of alkyl halides is 1. The number of fused-ring (bicyclic) bond motifs is 3. The Morgan fingerprint density at radius 2 is 2.00 bits per heavy atom. The lowest BCUT2D eigenvalue weighted by Crippen LogP contribution is -2.44. The summed E-state index contributed by atoms with van der Waals surface area (Å²) in [5.41, 5.74) is 0.718. The molecule has 2 bridgehead atoms. The van der Waals surface area contributed by atoms with Crippen molar-refractivity contribution in [2.45, 2.75) is 77.8 Å². The number of hydrogen-bond acceptors (Lipinski definition) is 7. The Hall–Kier alpha value is -3.34. The Balaban J connectivity index is 1.85. The predicted octanol–water partition coefficient (Wildman–Crippen LogP) is 2.43. The van der Waals surface area contributed by atoms with Gasteiger partial charge in [-0.1, -0.05) is 50.6 Å². The topological polar surface area (TPSA) is 138 Å². The maximum Gasteiger partial charge on any atom is 0.329 e. The number of carbonyl (C=O) groups excluding carboxylic acids is 3. The first-order valence-electron chi connectivity index (χ1n) is 13.1. The molecule has 0 aliphatic carbocycles. The minimum absolute atomic E-state index is 0.0287. The van der Waals surface area contributed by atoms with Gasteiger partial charge in [0.25, 0.3) is 5.91 Å². The number of H-pyrrole nitrogens is 1. The molecule has 1 saturated heterocycles. The second-order valence-electron chi connectivity index (χ2n) is 10.3. The van der Waals surface area contributed by atoms with Crippen LogP contribution in [0.4, 0.5) is 4.39 Å². The highest BCUT2D eigenvalue weighted by molar-refractivity contribution is 5.94. The van der Waals surface area contributed by atoms with Crippen molar-refractivity contribution in [1.82, 2.24) is 25.4 Å². The molecule has 2 aliphatic rings. The standard InChI is InChI=1S/C27H38FN5O5/c1-16(2)24-18(4)9-10-23(35)29-11-5-7-17(3)13-20(34)14-19(28)15-22-30-25(32-31-22)26(36)33-12-6-8-21(33)27(37)38-24/h5,7,9-10,13,16,18-21,24,34H,6,8,11-12,14-15H2,1-4H3,(H,29,35)(H,30,31,32)/b7-5?,10-9+,17-13?. The van der Waals surface area contributed by atoms with E-state index in [2.05, 4.69) is 20.5 Å². The molecule has 208 valence electrons. The fourth-order valence-electron chi connectivity index (χ4n) is 4.72. The van der Waals surface area contributed by atoms with Gasteiger partial charge in [-0.15, -0.1) is 5.10 Å². The average Bonchev–Trinajstić information content (AvgIpc) is 3.52. The lowest BCUT2D eigenvalue weighted by atomic mass is 9.94. The van der Waals surface area contributed by atoms with Crippen LogP contribution in [0.5, 0.6) is 0 Å². The number of nitrogens with one attached hydrogen (secondary N) is 2. The summed E-state index contributed by atoms with van der Waals surface area (Å²) in [5, 5.41) is 19.5. The van der Waals surface area contributed by atoms with E-state index in [1.54, 1.807) is 25.2 Å². The number of aromatic amines is 1. The summed E-state index contributed by atoms with van der Waals surface area (Å²) in [6.45, 7) is 8.11. The number of halogens is 1. The van der Waals surface area contributed by atoms with Crippen LogP contribution >= 0.6 is 0 Å². The molecule has 5 atom stereocenters. The number of aliphatic hydroxyl groups excluding tert-OH is 1. The minimum Gasteiger partial charge on any atom is -0.460 e. The Kier molecular flexibility index (Phi) is 10.3. The second kappa shape index (κ2) is 13.5. The van der Waals surface area contributed by atoms with Crippen molar-refractivity contribution >= 4 is 17.8 Å². The molecule has 3 N–H and O–H groups in total. The highest BCUT2D eigenvalue weighted by Crippen LogP contribution is 2.25. The van der Waals surface area contributed by atoms with Crippen LogP contribution in [0.2, 0.25) is 0 Å². The van der Waals surface area contributed by atoms with E-state index < -0.39 is 36.3 Å². The van der Waals surface area contributed by atoms with Crippen LogP contribution in [0.3, 0.4) is 0 Å². The van der Waals surface area contributed by atoms with Crippen LogP contribution in [0.15, 0.2) is 36.0 Å². The first kappa shape index (κ1) is 29.2. The number of cyclic esters (lactones) is 1. The van der Waals surface area contributed by atoms with Crippen molar-refractivity contribution in [3.8, 4) is 0 Å². The molecule has 3 heterocycles. The van der Waals surface area contributed by atoms with E-state index in [1.807, 2.05) is 20.8 Å². The monoisotopic (exact) mass is 531 g/mol. The molecule has 0 spiro atoms. The summed E-state index contributed by atoms with van der Waals surface area (Å²) < 4.78 is 20.5. The van der Waals surface area contributed by atoms with Crippen molar-refractivity contribution in [1.29, 1.82) is 0 Å². The summed E-state index contributed by atoms with van der Waals surface area (Å²) in [6.07, 6.45) is 5.92. The molecule has 5 unspecified atom stereocenters. The summed E-state index contributed by atoms with van der Waals surface area (Å²) >= 11 is 0. The van der Waals surface area contributed by atoms with Gasteiger partial charge in [-0.3, -0.25) is 14.7 Å². The number of amides is 2. The Labute approximate surface area is 222 Å². The smallest absolute Gasteiger partial charge is 0.329 e. The number of aromatic nitrogens is 3. The van der Waals surface area contributed by atoms with E-state index in [0.29, 0.717) is 19.4 Å². The molecule has 0 saturated carbocycles. The van der Waals surface area contributed by atoms with Crippen molar-refractivity contribution < 1.29 is 28.6 Å². The third kappa shape index (κ3) is 8.08. The molecule has 10 nitrogen and oxygen atoms in total. The number of esters is 1. The minimum atomic E-state index is -1.42. The average molecular weight is 532 g/mol. The number of hydrogen-bond donors (Lipinski definition) is 3. The van der Waals surface area contributed by atoms with E-state index in [-0.39, 0.29) is 48.8 Å². The Bertz CT molecular complexity index is 1080. The number of rotatable bonds is 1. The van der Waals surface area contributed by atoms with Gasteiger partial charge in [0.1, 0.15) is 24.1 Å². The van der Waals surface area contributed by atoms with Crippen molar-refractivity contribution in [2.75, 3.05) is 13.1 Å². The van der Waals surface area contributed by atoms with Crippen LogP contribution in [0.25, 0.3) is 0 Å². The summed E-state index contributed by atoms with van der Waals surface area (Å²) in [7, 11) is 0. The quantitative estimate of drug-likeness (QED) is 0.473. The van der Waals surface area contributed by atoms with Crippen LogP contribution in [0.1, 0.15) is 63.4 Å². The summed E-state index contributed by atoms with van der Waals surface area (Å²) in [4.78, 5) is 44.1. The zero-order valence-electron chi connectivity index (χ0n) is 22.4. The fraction of sp³-hybridized carbons (Fsp3) is 0.593. The molecule has 1 fully saturated rings. The van der Waals surface area contributed by atoms with Crippen molar-refractivity contribution in [3.63, 3.8) is 0 Å². The van der Waals surface area contributed by atoms with E-state index >= 15 is 0 Å². The molecule has 2 aliphatic heterocycles. The molecule has 11 heteroatoms. The third-order valence-electron chi connectivity index (χ3n) is 6.63. The van der Waals surface area contributed by atoms with Gasteiger partial charge in [0.15, 0.2) is 0 Å². The molecular weight excluding hydrogens is 493 g/mol. The van der Waals surface area contributed by atoms with Crippen LogP contribution < -0.4 is 5.32 Å². The molecule has 38 heavy (non-hydrogen) atoms. The van der Waals surface area contributed by atoms with E-state index in [0.717, 1.165) is 5.57 Å². The molecule has 0 radical (unpaired) electrons. The first-order chi connectivity index (χ1) is 18.0. The van der Waals surface area contributed by atoms with Gasteiger partial charge >= 0.3 is 5.97 Å². The lowest BCUT2D eigenvalue weighted by Gasteiger charge is -2.29. The maximum absolute atomic E-state index is 14.6. The molecule has 3 rings (SSSR count). The van der Waals surface area contributed by atoms with Crippen LogP contribution in [0, 0.1) is 11.8 Å². The zero-order chi connectivity index (χ0) is 27.8. The predicted molar refractivity (Wildman–Crippen MR) is 139 cm³/mol. The van der Waals surface area contributed by atoms with Crippen molar-refractivity contribution in [2.24, 2.45) is 11.8 Å². The molecule has 1 aromatic heterocycles. The number of carbonyl (C=O) groups is 3. The summed E-state index contributed by atoms with van der Waals surface area (Å²) in [5.74, 6) is -1.58. The van der Waals surface area contributed by atoms with Crippen LogP contribution in [-0.4, -0.2) is 80.5 Å². The highest BCUT2D eigenvalue weighted by atomic mass is 19.1. The van der Waals surface area contributed by atoms with Crippen LogP contribution in [-0.2, 0) is 20.7 Å². The summed E-state index contributed by atoms with van der Waals surface area (Å²) in [6, 6.07) is -0.780. The van der Waals surface area contributed by atoms with E-state index in [9.17, 15) is 23.9 Å². The largest absolute Gasteiger partial charge is 0.460 e. The van der Waals surface area contributed by atoms with Gasteiger partial charge in [-0.2, -0.15) is 0 Å².